The zero-order chi connectivity index (χ0) is 10.6. The van der Waals surface area contributed by atoms with E-state index < -0.39 is 25.0 Å². The van der Waals surface area contributed by atoms with E-state index in [2.05, 4.69) is 0 Å². The Kier molecular flexibility index (Phi) is 4.15. The summed E-state index contributed by atoms with van der Waals surface area (Å²) in [6.07, 6.45) is -6.93. The van der Waals surface area contributed by atoms with Gasteiger partial charge in [-0.3, -0.25) is 0 Å². The molecule has 14 heavy (non-hydrogen) atoms. The van der Waals surface area contributed by atoms with Gasteiger partial charge in [0.1, 0.15) is 0 Å². The number of rotatable bonds is 4. The van der Waals surface area contributed by atoms with Crippen molar-refractivity contribution in [2.45, 2.75) is 37.8 Å². The van der Waals surface area contributed by atoms with Gasteiger partial charge in [-0.15, -0.1) is 0 Å². The van der Waals surface area contributed by atoms with Gasteiger partial charge < -0.3 is 14.6 Å². The van der Waals surface area contributed by atoms with Crippen molar-refractivity contribution >= 4 is 0 Å². The highest BCUT2D eigenvalue weighted by Gasteiger charge is 2.29. The summed E-state index contributed by atoms with van der Waals surface area (Å²) >= 11 is 0. The van der Waals surface area contributed by atoms with Crippen LogP contribution in [0.25, 0.3) is 0 Å². The molecule has 0 radical (unpaired) electrons. The van der Waals surface area contributed by atoms with E-state index in [4.69, 9.17) is 9.47 Å². The van der Waals surface area contributed by atoms with Crippen LogP contribution < -0.4 is 0 Å². The van der Waals surface area contributed by atoms with Gasteiger partial charge in [-0.1, -0.05) is 0 Å². The van der Waals surface area contributed by atoms with Crippen LogP contribution in [0.15, 0.2) is 0 Å². The molecular weight excluding hydrogens is 201 g/mol. The molecule has 1 aliphatic rings. The second-order valence-corrected chi connectivity index (χ2v) is 3.21. The zero-order valence-electron chi connectivity index (χ0n) is 7.59. The molecule has 0 aliphatic carbocycles. The van der Waals surface area contributed by atoms with E-state index in [1.807, 2.05) is 0 Å². The van der Waals surface area contributed by atoms with E-state index in [0.29, 0.717) is 13.2 Å². The molecule has 1 atom stereocenters. The first-order chi connectivity index (χ1) is 6.47. The van der Waals surface area contributed by atoms with Crippen molar-refractivity contribution in [3.63, 3.8) is 0 Å². The van der Waals surface area contributed by atoms with Crippen molar-refractivity contribution in [3.05, 3.63) is 0 Å². The Balaban J connectivity index is 2.12. The summed E-state index contributed by atoms with van der Waals surface area (Å²) in [6.45, 7) is 0.882. The normalized spacial score (nSPS) is 21.4. The van der Waals surface area contributed by atoms with E-state index >= 15 is 0 Å². The van der Waals surface area contributed by atoms with Gasteiger partial charge in [0, 0.05) is 12.8 Å². The van der Waals surface area contributed by atoms with Gasteiger partial charge in [0.25, 0.3) is 0 Å². The molecule has 1 heterocycles. The third kappa shape index (κ3) is 4.78. The van der Waals surface area contributed by atoms with Crippen LogP contribution in [0, 0.1) is 0 Å². The molecule has 1 aliphatic heterocycles. The zero-order valence-corrected chi connectivity index (χ0v) is 7.59. The van der Waals surface area contributed by atoms with Crippen LogP contribution >= 0.6 is 0 Å². The lowest BCUT2D eigenvalue weighted by Crippen LogP contribution is -2.20. The first-order valence-corrected chi connectivity index (χ1v) is 4.45. The van der Waals surface area contributed by atoms with E-state index in [1.54, 1.807) is 0 Å². The Labute approximate surface area is 79.8 Å². The van der Waals surface area contributed by atoms with Crippen LogP contribution in [0.3, 0.4) is 0 Å². The van der Waals surface area contributed by atoms with Gasteiger partial charge in [-0.25, -0.2) is 0 Å². The molecule has 3 nitrogen and oxygen atoms in total. The average molecular weight is 214 g/mol. The van der Waals surface area contributed by atoms with E-state index in [9.17, 15) is 18.3 Å². The number of halogens is 3. The number of hydrogen-bond acceptors (Lipinski definition) is 3. The summed E-state index contributed by atoms with van der Waals surface area (Å²) in [7, 11) is 0. The fourth-order valence-corrected chi connectivity index (χ4v) is 1.21. The molecule has 6 heteroatoms. The van der Waals surface area contributed by atoms with Crippen molar-refractivity contribution < 1.29 is 27.8 Å². The molecule has 0 spiro atoms. The maximum atomic E-state index is 11.8. The van der Waals surface area contributed by atoms with Crippen molar-refractivity contribution in [1.82, 2.24) is 0 Å². The smallest absolute Gasteiger partial charge is 0.389 e. The quantitative estimate of drug-likeness (QED) is 0.769. The largest absolute Gasteiger partial charge is 0.393 e. The summed E-state index contributed by atoms with van der Waals surface area (Å²) in [5.41, 5.74) is 0. The van der Waals surface area contributed by atoms with Gasteiger partial charge in [-0.05, 0) is 6.42 Å². The molecule has 1 saturated heterocycles. The van der Waals surface area contributed by atoms with Gasteiger partial charge in [0.05, 0.1) is 19.3 Å². The Morgan fingerprint density at radius 3 is 2.36 bits per heavy atom. The second kappa shape index (κ2) is 4.95. The molecule has 0 aromatic heterocycles. The van der Waals surface area contributed by atoms with Gasteiger partial charge in [0.15, 0.2) is 6.29 Å². The Hall–Kier alpha value is -0.330. The first kappa shape index (κ1) is 11.7. The topological polar surface area (TPSA) is 38.7 Å². The van der Waals surface area contributed by atoms with E-state index in [1.165, 1.54) is 0 Å². The predicted octanol–water partition coefficient (Wildman–Crippen LogP) is 1.45. The molecule has 1 N–H and O–H groups in total. The number of aliphatic hydroxyl groups excluding tert-OH is 1. The van der Waals surface area contributed by atoms with Crippen LogP contribution in [0.4, 0.5) is 13.2 Å². The monoisotopic (exact) mass is 214 g/mol. The predicted molar refractivity (Wildman–Crippen MR) is 41.6 cm³/mol. The van der Waals surface area contributed by atoms with Crippen molar-refractivity contribution in [2.24, 2.45) is 0 Å². The summed E-state index contributed by atoms with van der Waals surface area (Å²) in [6, 6.07) is 0. The maximum Gasteiger partial charge on any atom is 0.389 e. The molecule has 1 unspecified atom stereocenters. The summed E-state index contributed by atoms with van der Waals surface area (Å²) in [4.78, 5) is 0. The summed E-state index contributed by atoms with van der Waals surface area (Å²) in [5.74, 6) is 0. The second-order valence-electron chi connectivity index (χ2n) is 3.21. The lowest BCUT2D eigenvalue weighted by atomic mass is 10.1. The van der Waals surface area contributed by atoms with Crippen molar-refractivity contribution in [3.8, 4) is 0 Å². The average Bonchev–Trinajstić information content (AvgIpc) is 2.52. The highest BCUT2D eigenvalue weighted by atomic mass is 19.4. The number of alkyl halides is 3. The SMILES string of the molecule is OC(CCC(F)(F)F)CC1OCCO1. The van der Waals surface area contributed by atoms with Crippen LogP contribution in [-0.4, -0.2) is 36.9 Å². The molecule has 0 saturated carbocycles. The Morgan fingerprint density at radius 1 is 1.29 bits per heavy atom. The number of aliphatic hydroxyl groups is 1. The molecule has 84 valence electrons. The molecule has 1 rings (SSSR count). The number of hydrogen-bond donors (Lipinski definition) is 1. The fraction of sp³-hybridized carbons (Fsp3) is 1.00. The number of ether oxygens (including phenoxy) is 2. The molecule has 0 aromatic carbocycles. The third-order valence-corrected chi connectivity index (χ3v) is 1.92. The molecular formula is C8H13F3O3. The highest BCUT2D eigenvalue weighted by molar-refractivity contribution is 4.64. The van der Waals surface area contributed by atoms with Gasteiger partial charge in [-0.2, -0.15) is 13.2 Å². The Morgan fingerprint density at radius 2 is 1.86 bits per heavy atom. The van der Waals surface area contributed by atoms with Gasteiger partial charge in [0.2, 0.25) is 0 Å². The Bertz CT molecular complexity index is 166. The molecule has 0 aromatic rings. The summed E-state index contributed by atoms with van der Waals surface area (Å²) in [5, 5.41) is 9.21. The third-order valence-electron chi connectivity index (χ3n) is 1.92. The minimum absolute atomic E-state index is 0.107. The van der Waals surface area contributed by atoms with E-state index in [0.717, 1.165) is 0 Å². The lowest BCUT2D eigenvalue weighted by Gasteiger charge is -2.15. The van der Waals surface area contributed by atoms with Crippen LogP contribution in [0.5, 0.6) is 0 Å². The lowest BCUT2D eigenvalue weighted by molar-refractivity contribution is -0.143. The van der Waals surface area contributed by atoms with Crippen LogP contribution in [0.2, 0.25) is 0 Å². The molecule has 0 amide bonds. The first-order valence-electron chi connectivity index (χ1n) is 4.45. The van der Waals surface area contributed by atoms with Crippen LogP contribution in [0.1, 0.15) is 19.3 Å². The molecule has 0 bridgehead atoms. The molecule has 1 fully saturated rings. The van der Waals surface area contributed by atoms with Gasteiger partial charge >= 0.3 is 6.18 Å². The van der Waals surface area contributed by atoms with E-state index in [-0.39, 0.29) is 12.8 Å². The van der Waals surface area contributed by atoms with Crippen molar-refractivity contribution in [2.75, 3.05) is 13.2 Å². The van der Waals surface area contributed by atoms with Crippen LogP contribution in [-0.2, 0) is 9.47 Å². The summed E-state index contributed by atoms with van der Waals surface area (Å²) < 4.78 is 45.3. The fourth-order valence-electron chi connectivity index (χ4n) is 1.21. The minimum Gasteiger partial charge on any atom is -0.393 e. The standard InChI is InChI=1S/C8H13F3O3/c9-8(10,11)2-1-6(12)5-7-13-3-4-14-7/h6-7,12H,1-5H2. The minimum atomic E-state index is -4.21. The highest BCUT2D eigenvalue weighted by Crippen LogP contribution is 2.24. The maximum absolute atomic E-state index is 11.8. The van der Waals surface area contributed by atoms with Crippen molar-refractivity contribution in [1.29, 1.82) is 0 Å².